The van der Waals surface area contributed by atoms with Crippen molar-refractivity contribution in [2.24, 2.45) is 11.8 Å². The summed E-state index contributed by atoms with van der Waals surface area (Å²) in [6.07, 6.45) is 40.4. The van der Waals surface area contributed by atoms with Crippen LogP contribution in [0.2, 0.25) is 0 Å². The lowest BCUT2D eigenvalue weighted by molar-refractivity contribution is 0.214. The van der Waals surface area contributed by atoms with Crippen LogP contribution in [0.5, 0.6) is 0 Å². The molecular weight excluding hydrogens is 372 g/mol. The molecule has 0 N–H and O–H groups in total. The highest BCUT2D eigenvalue weighted by Crippen LogP contribution is 2.36. The van der Waals surface area contributed by atoms with Crippen molar-refractivity contribution in [3.05, 3.63) is 0 Å². The van der Waals surface area contributed by atoms with Crippen LogP contribution >= 0.6 is 0 Å². The third-order valence-corrected chi connectivity index (χ3v) is 8.17. The molecule has 0 atom stereocenters. The fourth-order valence-electron chi connectivity index (χ4n) is 6.01. The first-order valence-corrected chi connectivity index (χ1v) is 15.4. The van der Waals surface area contributed by atoms with Crippen molar-refractivity contribution >= 4 is 0 Å². The van der Waals surface area contributed by atoms with Crippen molar-refractivity contribution in [1.82, 2.24) is 0 Å². The second kappa shape index (κ2) is 23.2. The molecule has 0 aliphatic heterocycles. The van der Waals surface area contributed by atoms with Gasteiger partial charge < -0.3 is 0 Å². The monoisotopic (exact) mass is 434 g/mol. The molecule has 0 aromatic rings. The van der Waals surface area contributed by atoms with Crippen molar-refractivity contribution in [3.63, 3.8) is 0 Å². The van der Waals surface area contributed by atoms with Gasteiger partial charge in [0.1, 0.15) is 0 Å². The van der Waals surface area contributed by atoms with E-state index in [9.17, 15) is 0 Å². The summed E-state index contributed by atoms with van der Waals surface area (Å²) in [6, 6.07) is 0. The van der Waals surface area contributed by atoms with Crippen LogP contribution in [0.1, 0.15) is 187 Å². The third kappa shape index (κ3) is 18.1. The van der Waals surface area contributed by atoms with Gasteiger partial charge in [0.25, 0.3) is 0 Å². The lowest BCUT2D eigenvalue weighted by Gasteiger charge is -2.30. The van der Waals surface area contributed by atoms with Gasteiger partial charge in [0.15, 0.2) is 0 Å². The molecule has 1 aliphatic carbocycles. The zero-order valence-corrected chi connectivity index (χ0v) is 22.2. The molecule has 0 spiro atoms. The molecule has 0 heteroatoms. The van der Waals surface area contributed by atoms with Crippen molar-refractivity contribution in [1.29, 1.82) is 0 Å². The molecule has 0 nitrogen and oxygen atoms in total. The Hall–Kier alpha value is 0. The minimum absolute atomic E-state index is 1.07. The van der Waals surface area contributed by atoms with Crippen LogP contribution in [-0.2, 0) is 0 Å². The van der Waals surface area contributed by atoms with Crippen LogP contribution in [0.4, 0.5) is 0 Å². The van der Waals surface area contributed by atoms with Gasteiger partial charge in [-0.3, -0.25) is 0 Å². The maximum Gasteiger partial charge on any atom is -0.0386 e. The maximum atomic E-state index is 2.32. The standard InChI is InChI=1S/C31H62/c1-3-5-7-9-11-13-15-17-19-22-26-30(31-28-24-21-25-29-31)27-23-20-18-16-14-12-10-8-6-4-2/h30-31H,3-29H2,1-2H3. The molecule has 0 aromatic carbocycles. The Bertz CT molecular complexity index is 303. The van der Waals surface area contributed by atoms with Crippen LogP contribution < -0.4 is 0 Å². The minimum atomic E-state index is 1.07. The first kappa shape index (κ1) is 29.0. The van der Waals surface area contributed by atoms with E-state index in [4.69, 9.17) is 0 Å². The highest BCUT2D eigenvalue weighted by molar-refractivity contribution is 4.74. The van der Waals surface area contributed by atoms with Crippen LogP contribution in [0.15, 0.2) is 0 Å². The Balaban J connectivity index is 2.05. The van der Waals surface area contributed by atoms with E-state index >= 15 is 0 Å². The Morgan fingerprint density at radius 3 is 1.10 bits per heavy atom. The summed E-state index contributed by atoms with van der Waals surface area (Å²) < 4.78 is 0. The van der Waals surface area contributed by atoms with Crippen molar-refractivity contribution in [3.8, 4) is 0 Å². The van der Waals surface area contributed by atoms with E-state index in [1.165, 1.54) is 148 Å². The van der Waals surface area contributed by atoms with E-state index in [0.717, 1.165) is 11.8 Å². The predicted molar refractivity (Wildman–Crippen MR) is 143 cm³/mol. The maximum absolute atomic E-state index is 2.32. The molecule has 1 aliphatic rings. The van der Waals surface area contributed by atoms with E-state index in [-0.39, 0.29) is 0 Å². The van der Waals surface area contributed by atoms with Gasteiger partial charge in [-0.25, -0.2) is 0 Å². The van der Waals surface area contributed by atoms with Gasteiger partial charge in [0.2, 0.25) is 0 Å². The molecule has 0 unspecified atom stereocenters. The first-order chi connectivity index (χ1) is 15.4. The SMILES string of the molecule is CCCCCCCCCCCCC(CCCCCCCCCCCC)C1CCCCC1. The first-order valence-electron chi connectivity index (χ1n) is 15.4. The quantitative estimate of drug-likeness (QED) is 0.140. The summed E-state index contributed by atoms with van der Waals surface area (Å²) in [5, 5.41) is 0. The smallest absolute Gasteiger partial charge is 0.0386 e. The number of unbranched alkanes of at least 4 members (excludes halogenated alkanes) is 18. The minimum Gasteiger partial charge on any atom is -0.0654 e. The van der Waals surface area contributed by atoms with Gasteiger partial charge in [-0.15, -0.1) is 0 Å². The average molecular weight is 435 g/mol. The number of hydrogen-bond acceptors (Lipinski definition) is 0. The van der Waals surface area contributed by atoms with Crippen molar-refractivity contribution in [2.45, 2.75) is 187 Å². The molecule has 31 heavy (non-hydrogen) atoms. The number of rotatable bonds is 23. The van der Waals surface area contributed by atoms with E-state index in [1.54, 1.807) is 25.7 Å². The van der Waals surface area contributed by atoms with Gasteiger partial charge in [-0.05, 0) is 11.8 Å². The van der Waals surface area contributed by atoms with Gasteiger partial charge >= 0.3 is 0 Å². The Morgan fingerprint density at radius 2 is 0.742 bits per heavy atom. The van der Waals surface area contributed by atoms with Gasteiger partial charge in [-0.2, -0.15) is 0 Å². The highest BCUT2D eigenvalue weighted by Gasteiger charge is 2.22. The fourth-order valence-corrected chi connectivity index (χ4v) is 6.01. The van der Waals surface area contributed by atoms with Crippen molar-refractivity contribution < 1.29 is 0 Å². The Morgan fingerprint density at radius 1 is 0.419 bits per heavy atom. The van der Waals surface area contributed by atoms with Crippen LogP contribution in [0.25, 0.3) is 0 Å². The van der Waals surface area contributed by atoms with Gasteiger partial charge in [0, 0.05) is 0 Å². The number of hydrogen-bond donors (Lipinski definition) is 0. The summed E-state index contributed by atoms with van der Waals surface area (Å²) in [7, 11) is 0. The zero-order valence-electron chi connectivity index (χ0n) is 22.2. The molecule has 1 rings (SSSR count). The molecule has 0 aromatic heterocycles. The van der Waals surface area contributed by atoms with Gasteiger partial charge in [0.05, 0.1) is 0 Å². The van der Waals surface area contributed by atoms with Crippen LogP contribution in [0, 0.1) is 11.8 Å². The molecule has 1 saturated carbocycles. The average Bonchev–Trinajstić information content (AvgIpc) is 2.80. The molecular formula is C31H62. The Labute approximate surface area is 199 Å². The molecule has 0 saturated heterocycles. The lowest BCUT2D eigenvalue weighted by Crippen LogP contribution is -2.18. The summed E-state index contributed by atoms with van der Waals surface area (Å²) in [6.45, 7) is 4.63. The van der Waals surface area contributed by atoms with E-state index in [0.29, 0.717) is 0 Å². The molecule has 0 bridgehead atoms. The normalized spacial score (nSPS) is 15.2. The van der Waals surface area contributed by atoms with E-state index in [2.05, 4.69) is 13.8 Å². The molecule has 0 radical (unpaired) electrons. The molecule has 186 valence electrons. The Kier molecular flexibility index (Phi) is 21.7. The van der Waals surface area contributed by atoms with Crippen LogP contribution in [-0.4, -0.2) is 0 Å². The summed E-state index contributed by atoms with van der Waals surface area (Å²) in [5.41, 5.74) is 0. The third-order valence-electron chi connectivity index (χ3n) is 8.17. The lowest BCUT2D eigenvalue weighted by atomic mass is 9.75. The fraction of sp³-hybridized carbons (Fsp3) is 1.00. The van der Waals surface area contributed by atoms with Gasteiger partial charge in [-0.1, -0.05) is 187 Å². The zero-order chi connectivity index (χ0) is 22.2. The largest absolute Gasteiger partial charge is 0.0654 e. The molecule has 0 heterocycles. The van der Waals surface area contributed by atoms with E-state index < -0.39 is 0 Å². The second-order valence-corrected chi connectivity index (χ2v) is 11.1. The second-order valence-electron chi connectivity index (χ2n) is 11.1. The van der Waals surface area contributed by atoms with E-state index in [1.807, 2.05) is 0 Å². The summed E-state index contributed by atoms with van der Waals surface area (Å²) in [4.78, 5) is 0. The summed E-state index contributed by atoms with van der Waals surface area (Å²) in [5.74, 6) is 2.16. The van der Waals surface area contributed by atoms with Crippen molar-refractivity contribution in [2.75, 3.05) is 0 Å². The topological polar surface area (TPSA) is 0 Å². The molecule has 0 amide bonds. The molecule has 1 fully saturated rings. The summed E-state index contributed by atoms with van der Waals surface area (Å²) >= 11 is 0. The highest BCUT2D eigenvalue weighted by atomic mass is 14.3. The predicted octanol–water partition coefficient (Wildman–Crippen LogP) is 11.8. The van der Waals surface area contributed by atoms with Crippen LogP contribution in [0.3, 0.4) is 0 Å².